The summed E-state index contributed by atoms with van der Waals surface area (Å²) in [5.74, 6) is -0.420. The normalized spacial score (nSPS) is 15.6. The lowest BCUT2D eigenvalue weighted by molar-refractivity contribution is -0.137. The average Bonchev–Trinajstić information content (AvgIpc) is 2.93. The van der Waals surface area contributed by atoms with Gasteiger partial charge in [0.15, 0.2) is 0 Å². The Labute approximate surface area is 243 Å². The molecule has 42 heavy (non-hydrogen) atoms. The van der Waals surface area contributed by atoms with Crippen LogP contribution < -0.4 is 20.1 Å². The van der Waals surface area contributed by atoms with E-state index in [0.29, 0.717) is 31.4 Å². The van der Waals surface area contributed by atoms with Gasteiger partial charge in [0, 0.05) is 24.9 Å². The Bertz CT molecular complexity index is 1460. The second-order valence-electron chi connectivity index (χ2n) is 9.76. The van der Waals surface area contributed by atoms with Crippen molar-refractivity contribution >= 4 is 15.9 Å². The Balaban J connectivity index is 0.00000484. The fourth-order valence-electron chi connectivity index (χ4n) is 4.56. The number of sulfonamides is 1. The highest BCUT2D eigenvalue weighted by molar-refractivity contribution is 7.89. The smallest absolute Gasteiger partial charge is 0.416 e. The van der Waals surface area contributed by atoms with Gasteiger partial charge in [0.05, 0.1) is 29.1 Å². The van der Waals surface area contributed by atoms with E-state index in [2.05, 4.69) is 22.3 Å². The summed E-state index contributed by atoms with van der Waals surface area (Å²) in [5.41, 5.74) is 0.962. The topological polar surface area (TPSA) is 96.5 Å². The number of amides is 1. The van der Waals surface area contributed by atoms with Gasteiger partial charge in [0.1, 0.15) is 11.6 Å². The lowest BCUT2D eigenvalue weighted by atomic mass is 9.98. The molecule has 0 fully saturated rings. The van der Waals surface area contributed by atoms with Gasteiger partial charge in [0.25, 0.3) is 0 Å². The van der Waals surface area contributed by atoms with Crippen LogP contribution in [0.5, 0.6) is 5.75 Å². The van der Waals surface area contributed by atoms with E-state index in [4.69, 9.17) is 4.74 Å². The predicted molar refractivity (Wildman–Crippen MR) is 152 cm³/mol. The lowest BCUT2D eigenvalue weighted by Gasteiger charge is -2.28. The zero-order chi connectivity index (χ0) is 29.6. The van der Waals surface area contributed by atoms with E-state index < -0.39 is 50.5 Å². The van der Waals surface area contributed by atoms with Crippen LogP contribution in [0.3, 0.4) is 0 Å². The Morgan fingerprint density at radius 2 is 1.81 bits per heavy atom. The second kappa shape index (κ2) is 14.1. The summed E-state index contributed by atoms with van der Waals surface area (Å²) < 4.78 is 87.6. The van der Waals surface area contributed by atoms with Crippen molar-refractivity contribution in [1.29, 1.82) is 0 Å². The van der Waals surface area contributed by atoms with Crippen LogP contribution in [0.2, 0.25) is 0 Å². The average molecular weight is 610 g/mol. The molecule has 1 amide bonds. The van der Waals surface area contributed by atoms with E-state index in [1.54, 1.807) is 0 Å². The van der Waals surface area contributed by atoms with Gasteiger partial charge in [-0.05, 0) is 60.5 Å². The molecule has 7 nitrogen and oxygen atoms in total. The number of nitrogens with one attached hydrogen (secondary N) is 3. The molecule has 1 heterocycles. The van der Waals surface area contributed by atoms with Crippen LogP contribution in [0.4, 0.5) is 17.6 Å². The second-order valence-corrected chi connectivity index (χ2v) is 11.5. The summed E-state index contributed by atoms with van der Waals surface area (Å²) in [4.78, 5) is 12.6. The summed E-state index contributed by atoms with van der Waals surface area (Å²) >= 11 is 0. The number of carbonyl (C=O) groups is 1. The Hall–Kier alpha value is -3.48. The molecule has 2 atom stereocenters. The fourth-order valence-corrected chi connectivity index (χ4v) is 5.83. The molecule has 3 aromatic carbocycles. The molecule has 0 aromatic heterocycles. The molecule has 0 unspecified atom stereocenters. The number of hydrogen-bond donors (Lipinski definition) is 3. The molecule has 12 heteroatoms. The first-order chi connectivity index (χ1) is 19.5. The molecule has 0 radical (unpaired) electrons. The van der Waals surface area contributed by atoms with E-state index in [-0.39, 0.29) is 19.4 Å². The Kier molecular flexibility index (Phi) is 11.1. The van der Waals surface area contributed by atoms with Gasteiger partial charge in [-0.15, -0.1) is 0 Å². The van der Waals surface area contributed by atoms with Crippen molar-refractivity contribution < 1.29 is 35.5 Å². The van der Waals surface area contributed by atoms with Crippen LogP contribution >= 0.6 is 0 Å². The molecular formula is C30H35F4N3O4S. The fraction of sp³-hybridized carbons (Fsp3) is 0.367. The summed E-state index contributed by atoms with van der Waals surface area (Å²) in [6.45, 7) is 4.00. The number of halogens is 4. The maximum absolute atomic E-state index is 13.6. The van der Waals surface area contributed by atoms with Crippen molar-refractivity contribution in [3.63, 3.8) is 0 Å². The third kappa shape index (κ3) is 8.52. The zero-order valence-electron chi connectivity index (χ0n) is 22.3. The third-order valence-electron chi connectivity index (χ3n) is 6.64. The molecule has 0 saturated carbocycles. The van der Waals surface area contributed by atoms with Crippen LogP contribution in [0.15, 0.2) is 71.6 Å². The maximum Gasteiger partial charge on any atom is 0.416 e. The first kappa shape index (κ1) is 33.0. The monoisotopic (exact) mass is 609 g/mol. The highest BCUT2D eigenvalue weighted by Gasteiger charge is 2.33. The zero-order valence-corrected chi connectivity index (χ0v) is 23.1. The van der Waals surface area contributed by atoms with Gasteiger partial charge >= 0.3 is 6.18 Å². The maximum atomic E-state index is 13.6. The first-order valence-electron chi connectivity index (χ1n) is 13.2. The minimum absolute atomic E-state index is 0. The van der Waals surface area contributed by atoms with E-state index in [9.17, 15) is 30.8 Å². The SMILES string of the molecule is C.CCCNCc1ccc2c(c1)OCC[C@H]2NC(=O)C[C@@H](NS(=O)(=O)c1cccc(C(F)(F)F)c1)c1ccc(F)cc1. The van der Waals surface area contributed by atoms with Gasteiger partial charge in [-0.25, -0.2) is 17.5 Å². The quantitative estimate of drug-likeness (QED) is 0.182. The molecule has 0 spiro atoms. The van der Waals surface area contributed by atoms with Crippen molar-refractivity contribution in [3.8, 4) is 5.75 Å². The molecule has 0 aliphatic carbocycles. The summed E-state index contributed by atoms with van der Waals surface area (Å²) in [6, 6.07) is 12.3. The number of fused-ring (bicyclic) bond motifs is 1. The van der Waals surface area contributed by atoms with Crippen molar-refractivity contribution in [2.75, 3.05) is 13.2 Å². The first-order valence-corrected chi connectivity index (χ1v) is 14.7. The standard InChI is InChI=1S/C29H31F4N3O4S.CH4/c1-2-13-34-18-19-6-11-24-25(12-14-40-27(24)15-19)35-28(37)17-26(20-7-9-22(30)10-8-20)36-41(38,39)23-5-3-4-21(16-23)29(31,32)33;/h3-11,15-16,25-26,34,36H,2,12-14,17-18H2,1H3,(H,35,37);1H4/t25-,26-;/m1./s1. The molecule has 3 aromatic rings. The summed E-state index contributed by atoms with van der Waals surface area (Å²) in [7, 11) is -4.49. The molecule has 1 aliphatic rings. The minimum Gasteiger partial charge on any atom is -0.493 e. The molecule has 228 valence electrons. The number of carbonyl (C=O) groups excluding carboxylic acids is 1. The summed E-state index contributed by atoms with van der Waals surface area (Å²) in [6.07, 6.45) is -3.63. The molecular weight excluding hydrogens is 574 g/mol. The molecule has 0 bridgehead atoms. The van der Waals surface area contributed by atoms with E-state index in [1.807, 2.05) is 18.2 Å². The highest BCUT2D eigenvalue weighted by Crippen LogP contribution is 2.34. The van der Waals surface area contributed by atoms with Crippen molar-refractivity contribution in [2.45, 2.75) is 63.3 Å². The van der Waals surface area contributed by atoms with Gasteiger partial charge in [-0.1, -0.05) is 44.7 Å². The van der Waals surface area contributed by atoms with Crippen LogP contribution in [0.1, 0.15) is 68.0 Å². The largest absolute Gasteiger partial charge is 0.493 e. The number of ether oxygens (including phenoxy) is 1. The van der Waals surface area contributed by atoms with Crippen molar-refractivity contribution in [2.24, 2.45) is 0 Å². The lowest BCUT2D eigenvalue weighted by Crippen LogP contribution is -2.36. The predicted octanol–water partition coefficient (Wildman–Crippen LogP) is 6.03. The van der Waals surface area contributed by atoms with Crippen molar-refractivity contribution in [3.05, 3.63) is 94.8 Å². The highest BCUT2D eigenvalue weighted by atomic mass is 32.2. The Morgan fingerprint density at radius 1 is 1.07 bits per heavy atom. The van der Waals surface area contributed by atoms with Gasteiger partial charge in [0.2, 0.25) is 15.9 Å². The van der Waals surface area contributed by atoms with Crippen LogP contribution in [-0.4, -0.2) is 27.5 Å². The Morgan fingerprint density at radius 3 is 2.50 bits per heavy atom. The molecule has 4 rings (SSSR count). The number of benzene rings is 3. The number of alkyl halides is 3. The number of rotatable bonds is 11. The molecule has 3 N–H and O–H groups in total. The van der Waals surface area contributed by atoms with Gasteiger partial charge < -0.3 is 15.4 Å². The van der Waals surface area contributed by atoms with E-state index in [0.717, 1.165) is 54.4 Å². The molecule has 1 aliphatic heterocycles. The molecule has 0 saturated heterocycles. The summed E-state index contributed by atoms with van der Waals surface area (Å²) in [5, 5.41) is 6.24. The van der Waals surface area contributed by atoms with Crippen LogP contribution in [0, 0.1) is 5.82 Å². The van der Waals surface area contributed by atoms with Gasteiger partial charge in [-0.3, -0.25) is 4.79 Å². The van der Waals surface area contributed by atoms with E-state index >= 15 is 0 Å². The number of hydrogen-bond acceptors (Lipinski definition) is 5. The van der Waals surface area contributed by atoms with Gasteiger partial charge in [-0.2, -0.15) is 13.2 Å². The van der Waals surface area contributed by atoms with Crippen molar-refractivity contribution in [1.82, 2.24) is 15.4 Å². The van der Waals surface area contributed by atoms with Crippen LogP contribution in [0.25, 0.3) is 0 Å². The van der Waals surface area contributed by atoms with Crippen LogP contribution in [-0.2, 0) is 27.5 Å². The third-order valence-corrected chi connectivity index (χ3v) is 8.11. The minimum atomic E-state index is -4.74. The van der Waals surface area contributed by atoms with E-state index in [1.165, 1.54) is 12.1 Å².